The SMILES string of the molecule is CC(N)CC(=O)Nc1cccc(N2CCCC2=O)c1.Cl. The molecule has 0 saturated carbocycles. The van der Waals surface area contributed by atoms with E-state index in [2.05, 4.69) is 5.32 Å². The van der Waals surface area contributed by atoms with Gasteiger partial charge in [-0.15, -0.1) is 12.4 Å². The third-order valence-electron chi connectivity index (χ3n) is 3.02. The van der Waals surface area contributed by atoms with E-state index in [1.54, 1.807) is 11.8 Å². The number of nitrogens with one attached hydrogen (secondary N) is 1. The van der Waals surface area contributed by atoms with E-state index >= 15 is 0 Å². The smallest absolute Gasteiger partial charge is 0.227 e. The average Bonchev–Trinajstić information content (AvgIpc) is 2.74. The van der Waals surface area contributed by atoms with Crippen molar-refractivity contribution in [3.05, 3.63) is 24.3 Å². The Bertz CT molecular complexity index is 491. The molecule has 5 nitrogen and oxygen atoms in total. The van der Waals surface area contributed by atoms with E-state index in [-0.39, 0.29) is 36.7 Å². The summed E-state index contributed by atoms with van der Waals surface area (Å²) in [6.07, 6.45) is 1.77. The second-order valence-electron chi connectivity index (χ2n) is 4.93. The lowest BCUT2D eigenvalue weighted by molar-refractivity contribution is -0.117. The molecule has 1 aliphatic heterocycles. The normalized spacial score (nSPS) is 15.7. The maximum absolute atomic E-state index is 11.7. The van der Waals surface area contributed by atoms with Crippen LogP contribution in [0.25, 0.3) is 0 Å². The Kier molecular flexibility index (Phi) is 5.98. The summed E-state index contributed by atoms with van der Waals surface area (Å²) in [5, 5.41) is 2.80. The Hall–Kier alpha value is -1.59. The lowest BCUT2D eigenvalue weighted by Crippen LogP contribution is -2.25. The van der Waals surface area contributed by atoms with E-state index in [0.29, 0.717) is 12.1 Å². The van der Waals surface area contributed by atoms with Crippen molar-refractivity contribution in [2.75, 3.05) is 16.8 Å². The molecule has 1 aliphatic rings. The zero-order valence-electron chi connectivity index (χ0n) is 11.5. The van der Waals surface area contributed by atoms with Crippen LogP contribution < -0.4 is 16.0 Å². The summed E-state index contributed by atoms with van der Waals surface area (Å²) in [7, 11) is 0. The van der Waals surface area contributed by atoms with Crippen LogP contribution in [-0.2, 0) is 9.59 Å². The van der Waals surface area contributed by atoms with E-state index in [9.17, 15) is 9.59 Å². The lowest BCUT2D eigenvalue weighted by atomic mass is 10.2. The van der Waals surface area contributed by atoms with Crippen molar-refractivity contribution in [2.24, 2.45) is 5.73 Å². The molecule has 6 heteroatoms. The summed E-state index contributed by atoms with van der Waals surface area (Å²) in [5.41, 5.74) is 7.11. The fourth-order valence-corrected chi connectivity index (χ4v) is 2.18. The highest BCUT2D eigenvalue weighted by molar-refractivity contribution is 5.97. The molecule has 1 aromatic rings. The molecule has 2 rings (SSSR count). The number of hydrogen-bond donors (Lipinski definition) is 2. The van der Waals surface area contributed by atoms with Crippen molar-refractivity contribution in [1.82, 2.24) is 0 Å². The molecule has 0 aliphatic carbocycles. The van der Waals surface area contributed by atoms with Crippen molar-refractivity contribution in [2.45, 2.75) is 32.2 Å². The minimum atomic E-state index is -0.164. The van der Waals surface area contributed by atoms with Gasteiger partial charge in [-0.05, 0) is 31.5 Å². The maximum Gasteiger partial charge on any atom is 0.227 e. The van der Waals surface area contributed by atoms with Crippen LogP contribution in [0.2, 0.25) is 0 Å². The Labute approximate surface area is 124 Å². The van der Waals surface area contributed by atoms with Gasteiger partial charge in [-0.2, -0.15) is 0 Å². The third kappa shape index (κ3) is 4.21. The van der Waals surface area contributed by atoms with Crippen LogP contribution in [0.4, 0.5) is 11.4 Å². The Morgan fingerprint density at radius 1 is 1.50 bits per heavy atom. The maximum atomic E-state index is 11.7. The van der Waals surface area contributed by atoms with Crippen LogP contribution in [0.5, 0.6) is 0 Å². The zero-order valence-corrected chi connectivity index (χ0v) is 12.3. The summed E-state index contributed by atoms with van der Waals surface area (Å²) in [6, 6.07) is 7.18. The Balaban J connectivity index is 0.00000200. The number of nitrogens with zero attached hydrogens (tertiary/aromatic N) is 1. The first-order chi connectivity index (χ1) is 9.06. The lowest BCUT2D eigenvalue weighted by Gasteiger charge is -2.17. The molecular weight excluding hydrogens is 278 g/mol. The van der Waals surface area contributed by atoms with E-state index in [1.807, 2.05) is 24.3 Å². The number of hydrogen-bond acceptors (Lipinski definition) is 3. The van der Waals surface area contributed by atoms with Gasteiger partial charge in [0.25, 0.3) is 0 Å². The molecular formula is C14H20ClN3O2. The van der Waals surface area contributed by atoms with Crippen molar-refractivity contribution >= 4 is 35.6 Å². The van der Waals surface area contributed by atoms with Gasteiger partial charge < -0.3 is 16.0 Å². The van der Waals surface area contributed by atoms with Gasteiger partial charge in [0, 0.05) is 36.8 Å². The molecule has 0 aromatic heterocycles. The number of anilines is 2. The van der Waals surface area contributed by atoms with Gasteiger partial charge in [-0.25, -0.2) is 0 Å². The first-order valence-corrected chi connectivity index (χ1v) is 6.52. The number of carbonyl (C=O) groups is 2. The van der Waals surface area contributed by atoms with Gasteiger partial charge in [0.05, 0.1) is 0 Å². The zero-order chi connectivity index (χ0) is 13.8. The van der Waals surface area contributed by atoms with Gasteiger partial charge >= 0.3 is 0 Å². The first-order valence-electron chi connectivity index (χ1n) is 6.52. The number of rotatable bonds is 4. The van der Waals surface area contributed by atoms with Crippen molar-refractivity contribution in [3.8, 4) is 0 Å². The highest BCUT2D eigenvalue weighted by Gasteiger charge is 2.21. The minimum absolute atomic E-state index is 0. The highest BCUT2D eigenvalue weighted by Crippen LogP contribution is 2.24. The number of benzene rings is 1. The van der Waals surface area contributed by atoms with Crippen LogP contribution >= 0.6 is 12.4 Å². The van der Waals surface area contributed by atoms with Crippen LogP contribution in [-0.4, -0.2) is 24.4 Å². The third-order valence-corrected chi connectivity index (χ3v) is 3.02. The molecule has 1 atom stereocenters. The summed E-state index contributed by atoms with van der Waals surface area (Å²) in [6.45, 7) is 2.54. The minimum Gasteiger partial charge on any atom is -0.327 e. The second-order valence-corrected chi connectivity index (χ2v) is 4.93. The summed E-state index contributed by atoms with van der Waals surface area (Å²) >= 11 is 0. The number of nitrogens with two attached hydrogens (primary N) is 1. The van der Waals surface area contributed by atoms with E-state index < -0.39 is 0 Å². The van der Waals surface area contributed by atoms with Gasteiger partial charge in [-0.1, -0.05) is 6.07 Å². The predicted molar refractivity (Wildman–Crippen MR) is 82.2 cm³/mol. The van der Waals surface area contributed by atoms with Crippen LogP contribution in [0.15, 0.2) is 24.3 Å². The fourth-order valence-electron chi connectivity index (χ4n) is 2.18. The van der Waals surface area contributed by atoms with Crippen LogP contribution in [0, 0.1) is 0 Å². The predicted octanol–water partition coefficient (Wildman–Crippen LogP) is 1.91. The quantitative estimate of drug-likeness (QED) is 0.891. The Morgan fingerprint density at radius 3 is 2.85 bits per heavy atom. The standard InChI is InChI=1S/C14H19N3O2.ClH/c1-10(15)8-13(18)16-11-4-2-5-12(9-11)17-7-3-6-14(17)19;/h2,4-5,9-10H,3,6-8,15H2,1H3,(H,16,18);1H. The monoisotopic (exact) mass is 297 g/mol. The van der Waals surface area contributed by atoms with Crippen molar-refractivity contribution in [3.63, 3.8) is 0 Å². The summed E-state index contributed by atoms with van der Waals surface area (Å²) < 4.78 is 0. The molecule has 2 amide bonds. The molecule has 0 bridgehead atoms. The highest BCUT2D eigenvalue weighted by atomic mass is 35.5. The number of carbonyl (C=O) groups excluding carboxylic acids is 2. The average molecular weight is 298 g/mol. The number of amides is 2. The molecule has 20 heavy (non-hydrogen) atoms. The van der Waals surface area contributed by atoms with Gasteiger partial charge in [0.15, 0.2) is 0 Å². The molecule has 1 heterocycles. The van der Waals surface area contributed by atoms with E-state index in [0.717, 1.165) is 18.7 Å². The van der Waals surface area contributed by atoms with Gasteiger partial charge in [0.1, 0.15) is 0 Å². The first kappa shape index (κ1) is 16.5. The number of halogens is 1. The molecule has 1 unspecified atom stereocenters. The molecule has 1 fully saturated rings. The van der Waals surface area contributed by atoms with Crippen LogP contribution in [0.3, 0.4) is 0 Å². The topological polar surface area (TPSA) is 75.4 Å². The second kappa shape index (κ2) is 7.26. The molecule has 1 saturated heterocycles. The summed E-state index contributed by atoms with van der Waals surface area (Å²) in [5.74, 6) is 0.0268. The van der Waals surface area contributed by atoms with Crippen molar-refractivity contribution < 1.29 is 9.59 Å². The molecule has 3 N–H and O–H groups in total. The van der Waals surface area contributed by atoms with Gasteiger partial charge in [-0.3, -0.25) is 9.59 Å². The van der Waals surface area contributed by atoms with Gasteiger partial charge in [0.2, 0.25) is 11.8 Å². The summed E-state index contributed by atoms with van der Waals surface area (Å²) in [4.78, 5) is 25.1. The molecule has 0 spiro atoms. The fraction of sp³-hybridized carbons (Fsp3) is 0.429. The largest absolute Gasteiger partial charge is 0.327 e. The van der Waals surface area contributed by atoms with Crippen LogP contribution in [0.1, 0.15) is 26.2 Å². The van der Waals surface area contributed by atoms with E-state index in [4.69, 9.17) is 5.73 Å². The molecule has 110 valence electrons. The van der Waals surface area contributed by atoms with E-state index in [1.165, 1.54) is 0 Å². The molecule has 1 aromatic carbocycles. The Morgan fingerprint density at radius 2 is 2.25 bits per heavy atom. The van der Waals surface area contributed by atoms with Crippen molar-refractivity contribution in [1.29, 1.82) is 0 Å². The molecule has 0 radical (unpaired) electrons.